The van der Waals surface area contributed by atoms with Gasteiger partial charge in [-0.2, -0.15) is 0 Å². The zero-order valence-electron chi connectivity index (χ0n) is 11.6. The van der Waals surface area contributed by atoms with Gasteiger partial charge < -0.3 is 15.5 Å². The van der Waals surface area contributed by atoms with Crippen LogP contribution in [0.5, 0.6) is 0 Å². The Morgan fingerprint density at radius 2 is 1.80 bits per heavy atom. The number of anilines is 1. The lowest BCUT2D eigenvalue weighted by Crippen LogP contribution is -2.41. The van der Waals surface area contributed by atoms with Gasteiger partial charge in [0.15, 0.2) is 0 Å². The van der Waals surface area contributed by atoms with E-state index < -0.39 is 27.6 Å². The lowest BCUT2D eigenvalue weighted by molar-refractivity contribution is 0.0537. The Morgan fingerprint density at radius 1 is 1.20 bits per heavy atom. The summed E-state index contributed by atoms with van der Waals surface area (Å²) in [5.74, 6) is -0.582. The number of carbonyl (C=O) groups is 1. The average Bonchev–Trinajstić information content (AvgIpc) is 2.34. The number of benzene rings is 1. The summed E-state index contributed by atoms with van der Waals surface area (Å²) >= 11 is 0. The number of amides is 1. The van der Waals surface area contributed by atoms with Crippen LogP contribution in [0.2, 0.25) is 0 Å². The van der Waals surface area contributed by atoms with Gasteiger partial charge in [-0.05, 0) is 32.9 Å². The molecule has 1 aromatic carbocycles. The van der Waals surface area contributed by atoms with Gasteiger partial charge in [0.25, 0.3) is 0 Å². The zero-order valence-corrected chi connectivity index (χ0v) is 12.5. The molecule has 0 aliphatic heterocycles. The van der Waals surface area contributed by atoms with Gasteiger partial charge in [0.05, 0.1) is 0 Å². The van der Waals surface area contributed by atoms with Crippen molar-refractivity contribution in [1.82, 2.24) is 10.1 Å². The Labute approximate surface area is 118 Å². The minimum atomic E-state index is -3.70. The molecule has 0 bridgehead atoms. The number of alkyl carbamates (subject to hydrolysis) is 1. The molecule has 3 N–H and O–H groups in total. The minimum absolute atomic E-state index is 0.582. The monoisotopic (exact) mass is 301 g/mol. The summed E-state index contributed by atoms with van der Waals surface area (Å²) < 4.78 is 28.2. The summed E-state index contributed by atoms with van der Waals surface area (Å²) in [5, 5.41) is 2.16. The van der Waals surface area contributed by atoms with Crippen LogP contribution in [-0.2, 0) is 14.8 Å². The fourth-order valence-electron chi connectivity index (χ4n) is 1.16. The second kappa shape index (κ2) is 6.58. The summed E-state index contributed by atoms with van der Waals surface area (Å²) in [4.78, 5) is 13.5. The van der Waals surface area contributed by atoms with Gasteiger partial charge in [-0.25, -0.2) is 13.2 Å². The molecule has 1 amide bonds. The highest BCUT2D eigenvalue weighted by atomic mass is 32.2. The van der Waals surface area contributed by atoms with Crippen LogP contribution in [0.15, 0.2) is 30.3 Å². The predicted molar refractivity (Wildman–Crippen MR) is 76.4 cm³/mol. The highest BCUT2D eigenvalue weighted by molar-refractivity contribution is 7.89. The van der Waals surface area contributed by atoms with Crippen molar-refractivity contribution in [2.24, 2.45) is 0 Å². The van der Waals surface area contributed by atoms with Gasteiger partial charge in [-0.3, -0.25) is 0 Å². The van der Waals surface area contributed by atoms with Gasteiger partial charge in [0.2, 0.25) is 10.0 Å². The van der Waals surface area contributed by atoms with Gasteiger partial charge >= 0.3 is 6.09 Å². The third-order valence-electron chi connectivity index (χ3n) is 1.93. The van der Waals surface area contributed by atoms with Crippen molar-refractivity contribution in [3.63, 3.8) is 0 Å². The van der Waals surface area contributed by atoms with E-state index in [1.165, 1.54) is 0 Å². The maximum absolute atomic E-state index is 11.6. The number of nitrogens with one attached hydrogen (secondary N) is 3. The summed E-state index contributed by atoms with van der Waals surface area (Å²) in [7, 11) is -3.70. The van der Waals surface area contributed by atoms with Crippen LogP contribution in [0.1, 0.15) is 20.8 Å². The lowest BCUT2D eigenvalue weighted by Gasteiger charge is -2.19. The molecule has 20 heavy (non-hydrogen) atoms. The van der Waals surface area contributed by atoms with Crippen molar-refractivity contribution in [3.8, 4) is 0 Å². The lowest BCUT2D eigenvalue weighted by atomic mass is 10.2. The molecule has 0 aromatic heterocycles. The largest absolute Gasteiger partial charge is 0.444 e. The Bertz CT molecular complexity index is 538. The number of para-hydroxylation sites is 1. The smallest absolute Gasteiger partial charge is 0.408 e. The van der Waals surface area contributed by atoms with Gasteiger partial charge in [0, 0.05) is 5.69 Å². The average molecular weight is 301 g/mol. The summed E-state index contributed by atoms with van der Waals surface area (Å²) in [6.45, 7) is 5.07. The van der Waals surface area contributed by atoms with Gasteiger partial charge in [-0.15, -0.1) is 4.83 Å². The number of ether oxygens (including phenoxy) is 1. The number of hydrazine groups is 1. The van der Waals surface area contributed by atoms with Gasteiger partial charge in [0.1, 0.15) is 11.5 Å². The molecular weight excluding hydrogens is 282 g/mol. The molecular formula is C12H19N3O4S. The molecule has 8 heteroatoms. The first-order valence-corrected chi connectivity index (χ1v) is 7.61. The first-order chi connectivity index (χ1) is 9.18. The molecule has 0 atom stereocenters. The molecule has 0 unspecified atom stereocenters. The normalized spacial score (nSPS) is 11.8. The molecule has 0 saturated carbocycles. The molecule has 0 aliphatic rings. The van der Waals surface area contributed by atoms with E-state index in [1.54, 1.807) is 45.0 Å². The maximum atomic E-state index is 11.6. The Balaban J connectivity index is 2.40. The molecule has 112 valence electrons. The molecule has 1 rings (SSSR count). The number of hydrogen-bond donors (Lipinski definition) is 3. The zero-order chi connectivity index (χ0) is 15.2. The molecule has 0 aliphatic carbocycles. The van der Waals surface area contributed by atoms with E-state index in [1.807, 2.05) is 6.07 Å². The van der Waals surface area contributed by atoms with Crippen molar-refractivity contribution < 1.29 is 17.9 Å². The van der Waals surface area contributed by atoms with Crippen LogP contribution < -0.4 is 15.6 Å². The molecule has 7 nitrogen and oxygen atoms in total. The minimum Gasteiger partial charge on any atom is -0.444 e. The van der Waals surface area contributed by atoms with Crippen molar-refractivity contribution in [2.75, 3.05) is 11.3 Å². The van der Waals surface area contributed by atoms with E-state index in [4.69, 9.17) is 4.74 Å². The van der Waals surface area contributed by atoms with Crippen molar-refractivity contribution in [1.29, 1.82) is 0 Å². The summed E-state index contributed by atoms with van der Waals surface area (Å²) in [6, 6.07) is 8.72. The summed E-state index contributed by atoms with van der Waals surface area (Å²) in [5.41, 5.74) is 2.44. The molecule has 0 heterocycles. The number of sulfonamides is 1. The highest BCUT2D eigenvalue weighted by Gasteiger charge is 2.18. The Kier molecular flexibility index (Phi) is 5.34. The third-order valence-corrected chi connectivity index (χ3v) is 2.87. The number of hydrogen-bond acceptors (Lipinski definition) is 5. The van der Waals surface area contributed by atoms with Crippen molar-refractivity contribution in [2.45, 2.75) is 26.4 Å². The molecule has 1 aromatic rings. The predicted octanol–water partition coefficient (Wildman–Crippen LogP) is 1.42. The van der Waals surface area contributed by atoms with Crippen LogP contribution in [-0.4, -0.2) is 26.0 Å². The SMILES string of the molecule is CC(C)(C)OC(=O)NCS(=O)(=O)NNc1ccccc1. The van der Waals surface area contributed by atoms with Crippen LogP contribution in [0.25, 0.3) is 0 Å². The van der Waals surface area contributed by atoms with E-state index in [9.17, 15) is 13.2 Å². The second-order valence-corrected chi connectivity index (χ2v) is 6.75. The fraction of sp³-hybridized carbons (Fsp3) is 0.417. The molecule has 0 spiro atoms. The summed E-state index contributed by atoms with van der Waals surface area (Å²) in [6.07, 6.45) is -0.789. The van der Waals surface area contributed by atoms with E-state index in [0.717, 1.165) is 0 Å². The molecule has 0 saturated heterocycles. The standard InChI is InChI=1S/C12H19N3O4S/c1-12(2,3)19-11(16)13-9-20(17,18)15-14-10-7-5-4-6-8-10/h4-8,14-15H,9H2,1-3H3,(H,13,16). The maximum Gasteiger partial charge on any atom is 0.408 e. The van der Waals surface area contributed by atoms with Crippen LogP contribution >= 0.6 is 0 Å². The Hall–Kier alpha value is -1.80. The van der Waals surface area contributed by atoms with Crippen LogP contribution in [0.4, 0.5) is 10.5 Å². The topological polar surface area (TPSA) is 96.5 Å². The highest BCUT2D eigenvalue weighted by Crippen LogP contribution is 2.06. The van der Waals surface area contributed by atoms with Crippen molar-refractivity contribution in [3.05, 3.63) is 30.3 Å². The fourth-order valence-corrected chi connectivity index (χ4v) is 1.82. The second-order valence-electron chi connectivity index (χ2n) is 5.03. The first kappa shape index (κ1) is 16.3. The molecule has 0 radical (unpaired) electrons. The third kappa shape index (κ3) is 6.95. The van der Waals surface area contributed by atoms with E-state index in [0.29, 0.717) is 5.69 Å². The molecule has 0 fully saturated rings. The first-order valence-electron chi connectivity index (χ1n) is 5.95. The van der Waals surface area contributed by atoms with Crippen molar-refractivity contribution >= 4 is 21.8 Å². The number of rotatable bonds is 5. The van der Waals surface area contributed by atoms with E-state index >= 15 is 0 Å². The van der Waals surface area contributed by atoms with E-state index in [2.05, 4.69) is 15.6 Å². The van der Waals surface area contributed by atoms with Crippen LogP contribution in [0, 0.1) is 0 Å². The quantitative estimate of drug-likeness (QED) is 0.715. The van der Waals surface area contributed by atoms with Crippen LogP contribution in [0.3, 0.4) is 0 Å². The van der Waals surface area contributed by atoms with E-state index in [-0.39, 0.29) is 0 Å². The Morgan fingerprint density at radius 3 is 2.35 bits per heavy atom. The van der Waals surface area contributed by atoms with Gasteiger partial charge in [-0.1, -0.05) is 18.2 Å². The number of carbonyl (C=O) groups excluding carboxylic acids is 1.